The van der Waals surface area contributed by atoms with E-state index in [9.17, 15) is 13.2 Å². The first kappa shape index (κ1) is 21.2. The highest BCUT2D eigenvalue weighted by Crippen LogP contribution is 2.18. The van der Waals surface area contributed by atoms with E-state index in [0.717, 1.165) is 12.8 Å². The summed E-state index contributed by atoms with van der Waals surface area (Å²) in [5.74, 6) is 0. The normalized spacial score (nSPS) is 12.8. The Morgan fingerprint density at radius 3 is 2.32 bits per heavy atom. The van der Waals surface area contributed by atoms with E-state index in [4.69, 9.17) is 4.74 Å². The number of nitrogens with zero attached hydrogens (tertiary/aromatic N) is 1. The lowest BCUT2D eigenvalue weighted by Crippen LogP contribution is -2.35. The molecule has 0 aromatic heterocycles. The van der Waals surface area contributed by atoms with Crippen molar-refractivity contribution >= 4 is 15.9 Å². The Morgan fingerprint density at radius 2 is 1.80 bits per heavy atom. The molecule has 1 amide bonds. The molecule has 0 saturated heterocycles. The molecule has 0 aliphatic heterocycles. The third kappa shape index (κ3) is 7.73. The first-order chi connectivity index (χ1) is 11.5. The van der Waals surface area contributed by atoms with Crippen molar-refractivity contribution in [1.82, 2.24) is 4.90 Å². The molecule has 140 valence electrons. The van der Waals surface area contributed by atoms with Gasteiger partial charge < -0.3 is 9.64 Å². The van der Waals surface area contributed by atoms with E-state index in [2.05, 4.69) is 0 Å². The number of hydrogen-bond donors (Lipinski definition) is 0. The van der Waals surface area contributed by atoms with Gasteiger partial charge in [-0.1, -0.05) is 31.5 Å². The largest absolute Gasteiger partial charge is 0.444 e. The lowest BCUT2D eigenvalue weighted by molar-refractivity contribution is 0.0312. The minimum atomic E-state index is -3.54. The molecule has 0 saturated carbocycles. The number of rotatable bonds is 7. The van der Waals surface area contributed by atoms with Gasteiger partial charge in [-0.15, -0.1) is 0 Å². The predicted octanol–water partition coefficient (Wildman–Crippen LogP) is 4.40. The van der Waals surface area contributed by atoms with Crippen LogP contribution in [0.1, 0.15) is 47.0 Å². The van der Waals surface area contributed by atoms with Gasteiger partial charge in [0, 0.05) is 19.0 Å². The molecule has 0 radical (unpaired) electrons. The number of sulfone groups is 1. The topological polar surface area (TPSA) is 63.7 Å². The fourth-order valence-corrected chi connectivity index (χ4v) is 3.49. The summed E-state index contributed by atoms with van der Waals surface area (Å²) in [6, 6.07) is 8.30. The molecule has 1 aromatic rings. The SMILES string of the molecule is CCCC/C(=C\S(=O)(=O)c1ccccc1)CN(C)C(=O)OC(C)(C)C. The Kier molecular flexibility index (Phi) is 7.67. The molecule has 0 N–H and O–H groups in total. The third-order valence-electron chi connectivity index (χ3n) is 3.39. The van der Waals surface area contributed by atoms with Crippen molar-refractivity contribution in [1.29, 1.82) is 0 Å². The Bertz CT molecular complexity index is 688. The molecule has 1 rings (SSSR count). The van der Waals surface area contributed by atoms with Crippen LogP contribution < -0.4 is 0 Å². The molecular weight excluding hydrogens is 338 g/mol. The quantitative estimate of drug-likeness (QED) is 0.716. The van der Waals surface area contributed by atoms with Crippen LogP contribution in [0, 0.1) is 0 Å². The number of carbonyl (C=O) groups is 1. The van der Waals surface area contributed by atoms with Crippen molar-refractivity contribution < 1.29 is 17.9 Å². The van der Waals surface area contributed by atoms with Gasteiger partial charge in [0.05, 0.1) is 4.90 Å². The van der Waals surface area contributed by atoms with E-state index >= 15 is 0 Å². The zero-order valence-electron chi connectivity index (χ0n) is 15.8. The summed E-state index contributed by atoms with van der Waals surface area (Å²) in [5, 5.41) is 1.29. The standard InChI is InChI=1S/C19H29NO4S/c1-6-7-11-16(14-20(5)18(21)24-19(2,3)4)15-25(22,23)17-12-9-8-10-13-17/h8-10,12-13,15H,6-7,11,14H2,1-5H3/b16-15+. The summed E-state index contributed by atoms with van der Waals surface area (Å²) < 4.78 is 30.5. The van der Waals surface area contributed by atoms with Crippen LogP contribution in [0.25, 0.3) is 0 Å². The van der Waals surface area contributed by atoms with Gasteiger partial charge in [-0.2, -0.15) is 0 Å². The second-order valence-electron chi connectivity index (χ2n) is 7.07. The summed E-state index contributed by atoms with van der Waals surface area (Å²) >= 11 is 0. The van der Waals surface area contributed by atoms with Crippen LogP contribution in [0.2, 0.25) is 0 Å². The van der Waals surface area contributed by atoms with E-state index in [-0.39, 0.29) is 11.4 Å². The van der Waals surface area contributed by atoms with Crippen LogP contribution in [-0.4, -0.2) is 38.6 Å². The van der Waals surface area contributed by atoms with E-state index < -0.39 is 21.5 Å². The second kappa shape index (κ2) is 9.04. The van der Waals surface area contributed by atoms with Crippen molar-refractivity contribution in [2.75, 3.05) is 13.6 Å². The average molecular weight is 368 g/mol. The van der Waals surface area contributed by atoms with Gasteiger partial charge in [0.25, 0.3) is 0 Å². The summed E-state index contributed by atoms with van der Waals surface area (Å²) in [7, 11) is -1.92. The Morgan fingerprint density at radius 1 is 1.20 bits per heavy atom. The third-order valence-corrected chi connectivity index (χ3v) is 4.96. The number of benzene rings is 1. The Labute approximate surface area is 151 Å². The van der Waals surface area contributed by atoms with Gasteiger partial charge in [0.1, 0.15) is 5.60 Å². The molecule has 0 spiro atoms. The average Bonchev–Trinajstić information content (AvgIpc) is 2.51. The summed E-state index contributed by atoms with van der Waals surface area (Å²) in [6.45, 7) is 7.66. The highest BCUT2D eigenvalue weighted by molar-refractivity contribution is 7.94. The van der Waals surface area contributed by atoms with Gasteiger partial charge in [-0.05, 0) is 51.3 Å². The summed E-state index contributed by atoms with van der Waals surface area (Å²) in [4.78, 5) is 13.8. The van der Waals surface area contributed by atoms with E-state index in [1.807, 2.05) is 6.92 Å². The van der Waals surface area contributed by atoms with Crippen molar-refractivity contribution in [2.24, 2.45) is 0 Å². The maximum atomic E-state index is 12.6. The molecule has 0 bridgehead atoms. The molecule has 6 heteroatoms. The molecule has 0 fully saturated rings. The van der Waals surface area contributed by atoms with Crippen LogP contribution in [0.5, 0.6) is 0 Å². The first-order valence-corrected chi connectivity index (χ1v) is 10.0. The highest BCUT2D eigenvalue weighted by atomic mass is 32.2. The molecule has 1 aromatic carbocycles. The monoisotopic (exact) mass is 367 g/mol. The maximum absolute atomic E-state index is 12.6. The minimum absolute atomic E-state index is 0.223. The number of carbonyl (C=O) groups excluding carboxylic acids is 1. The molecule has 0 unspecified atom stereocenters. The second-order valence-corrected chi connectivity index (χ2v) is 8.87. The van der Waals surface area contributed by atoms with Crippen molar-refractivity contribution in [3.63, 3.8) is 0 Å². The maximum Gasteiger partial charge on any atom is 0.410 e. The van der Waals surface area contributed by atoms with Gasteiger partial charge >= 0.3 is 6.09 Å². The highest BCUT2D eigenvalue weighted by Gasteiger charge is 2.21. The summed E-state index contributed by atoms with van der Waals surface area (Å²) in [6.07, 6.45) is 1.96. The summed E-state index contributed by atoms with van der Waals surface area (Å²) in [5.41, 5.74) is 0.105. The van der Waals surface area contributed by atoms with Crippen molar-refractivity contribution in [3.8, 4) is 0 Å². The van der Waals surface area contributed by atoms with Crippen LogP contribution in [-0.2, 0) is 14.6 Å². The van der Waals surface area contributed by atoms with E-state index in [1.165, 1.54) is 10.3 Å². The molecule has 0 aliphatic carbocycles. The van der Waals surface area contributed by atoms with E-state index in [0.29, 0.717) is 12.0 Å². The molecule has 0 heterocycles. The lowest BCUT2D eigenvalue weighted by atomic mass is 10.1. The first-order valence-electron chi connectivity index (χ1n) is 8.49. The minimum Gasteiger partial charge on any atom is -0.444 e. The molecular formula is C19H29NO4S. The van der Waals surface area contributed by atoms with Crippen molar-refractivity contribution in [3.05, 3.63) is 41.3 Å². The zero-order valence-corrected chi connectivity index (χ0v) is 16.6. The number of likely N-dealkylation sites (N-methyl/N-ethyl adjacent to an activating group) is 1. The molecule has 0 aliphatic rings. The van der Waals surface area contributed by atoms with Crippen LogP contribution >= 0.6 is 0 Å². The van der Waals surface area contributed by atoms with Crippen LogP contribution in [0.15, 0.2) is 46.2 Å². The smallest absolute Gasteiger partial charge is 0.410 e. The van der Waals surface area contributed by atoms with Gasteiger partial charge in [0.2, 0.25) is 0 Å². The number of amides is 1. The Hall–Kier alpha value is -1.82. The van der Waals surface area contributed by atoms with Gasteiger partial charge in [0.15, 0.2) is 9.84 Å². The lowest BCUT2D eigenvalue weighted by Gasteiger charge is -2.25. The number of hydrogen-bond acceptors (Lipinski definition) is 4. The van der Waals surface area contributed by atoms with Crippen molar-refractivity contribution in [2.45, 2.75) is 57.5 Å². The zero-order chi connectivity index (χ0) is 19.1. The predicted molar refractivity (Wildman–Crippen MR) is 100 cm³/mol. The molecule has 0 atom stereocenters. The number of unbranched alkanes of at least 4 members (excludes halogenated alkanes) is 1. The van der Waals surface area contributed by atoms with Gasteiger partial charge in [-0.25, -0.2) is 13.2 Å². The van der Waals surface area contributed by atoms with Crippen LogP contribution in [0.3, 0.4) is 0 Å². The van der Waals surface area contributed by atoms with Crippen LogP contribution in [0.4, 0.5) is 4.79 Å². The fraction of sp³-hybridized carbons (Fsp3) is 0.526. The van der Waals surface area contributed by atoms with E-state index in [1.54, 1.807) is 58.2 Å². The number of ether oxygens (including phenoxy) is 1. The fourth-order valence-electron chi connectivity index (χ4n) is 2.19. The Balaban J connectivity index is 2.99. The molecule has 25 heavy (non-hydrogen) atoms. The van der Waals surface area contributed by atoms with Gasteiger partial charge in [-0.3, -0.25) is 0 Å². The molecule has 5 nitrogen and oxygen atoms in total.